The second-order valence-electron chi connectivity index (χ2n) is 4.17. The summed E-state index contributed by atoms with van der Waals surface area (Å²) in [4.78, 5) is 2.35. The second-order valence-corrected chi connectivity index (χ2v) is 4.17. The molecule has 0 aliphatic carbocycles. The zero-order valence-electron chi connectivity index (χ0n) is 9.12. The van der Waals surface area contributed by atoms with E-state index < -0.39 is 0 Å². The first-order chi connectivity index (χ1) is 6.66. The van der Waals surface area contributed by atoms with Crippen molar-refractivity contribution in [3.63, 3.8) is 0 Å². The highest BCUT2D eigenvalue weighted by molar-refractivity contribution is 5.32. The summed E-state index contributed by atoms with van der Waals surface area (Å²) in [5.74, 6) is 0. The molecule has 2 heterocycles. The van der Waals surface area contributed by atoms with Crippen LogP contribution in [0.1, 0.15) is 27.2 Å². The standard InChI is InChI=1S/C13H17N/c1-10-4-5-13-9-11(2)8-12(3)14(13)7-6-10/h4,6-9,13H,5H2,1-3H3. The van der Waals surface area contributed by atoms with Gasteiger partial charge in [0.2, 0.25) is 0 Å². The van der Waals surface area contributed by atoms with E-state index in [1.807, 2.05) is 0 Å². The quantitative estimate of drug-likeness (QED) is 0.562. The topological polar surface area (TPSA) is 3.24 Å². The zero-order valence-corrected chi connectivity index (χ0v) is 9.12. The van der Waals surface area contributed by atoms with Gasteiger partial charge in [-0.25, -0.2) is 0 Å². The van der Waals surface area contributed by atoms with Crippen LogP contribution in [0.15, 0.2) is 47.3 Å². The van der Waals surface area contributed by atoms with Crippen LogP contribution in [0.5, 0.6) is 0 Å². The highest BCUT2D eigenvalue weighted by atomic mass is 15.1. The predicted octanol–water partition coefficient (Wildman–Crippen LogP) is 3.38. The first-order valence-electron chi connectivity index (χ1n) is 5.17. The van der Waals surface area contributed by atoms with Gasteiger partial charge < -0.3 is 4.90 Å². The molecule has 0 N–H and O–H groups in total. The maximum atomic E-state index is 2.35. The highest BCUT2D eigenvalue weighted by Gasteiger charge is 2.18. The van der Waals surface area contributed by atoms with Crippen molar-refractivity contribution >= 4 is 0 Å². The Labute approximate surface area is 86.1 Å². The number of hydrogen-bond acceptors (Lipinski definition) is 1. The summed E-state index contributed by atoms with van der Waals surface area (Å²) in [6.45, 7) is 6.51. The zero-order chi connectivity index (χ0) is 10.1. The molecule has 2 rings (SSSR count). The van der Waals surface area contributed by atoms with E-state index in [0.717, 1.165) is 6.42 Å². The number of rotatable bonds is 0. The third-order valence-corrected chi connectivity index (χ3v) is 2.84. The molecule has 0 saturated heterocycles. The maximum Gasteiger partial charge on any atom is 0.0553 e. The molecule has 1 nitrogen and oxygen atoms in total. The molecule has 0 aromatic heterocycles. The molecular formula is C13H17N. The molecule has 2 aliphatic rings. The third kappa shape index (κ3) is 1.67. The molecule has 2 aliphatic heterocycles. The minimum atomic E-state index is 0.522. The number of hydrogen-bond donors (Lipinski definition) is 0. The Bertz CT molecular complexity index is 355. The largest absolute Gasteiger partial charge is 0.345 e. The fraction of sp³-hybridized carbons (Fsp3) is 0.385. The van der Waals surface area contributed by atoms with Crippen LogP contribution in [0.4, 0.5) is 0 Å². The number of allylic oxidation sites excluding steroid dienone is 5. The van der Waals surface area contributed by atoms with Gasteiger partial charge in [-0.2, -0.15) is 0 Å². The average Bonchev–Trinajstić information content (AvgIpc) is 2.28. The minimum Gasteiger partial charge on any atom is -0.345 e. The van der Waals surface area contributed by atoms with Crippen molar-refractivity contribution in [1.29, 1.82) is 0 Å². The van der Waals surface area contributed by atoms with Crippen molar-refractivity contribution in [2.24, 2.45) is 0 Å². The normalized spacial score (nSPS) is 26.1. The lowest BCUT2D eigenvalue weighted by molar-refractivity contribution is 0.390. The van der Waals surface area contributed by atoms with Gasteiger partial charge in [0.15, 0.2) is 0 Å². The van der Waals surface area contributed by atoms with Crippen LogP contribution in [-0.2, 0) is 0 Å². The molecule has 14 heavy (non-hydrogen) atoms. The van der Waals surface area contributed by atoms with Crippen molar-refractivity contribution < 1.29 is 0 Å². The Morgan fingerprint density at radius 3 is 2.79 bits per heavy atom. The first-order valence-corrected chi connectivity index (χ1v) is 5.17. The van der Waals surface area contributed by atoms with Crippen molar-refractivity contribution in [2.75, 3.05) is 0 Å². The van der Waals surface area contributed by atoms with Gasteiger partial charge in [-0.15, -0.1) is 0 Å². The van der Waals surface area contributed by atoms with E-state index in [2.05, 4.69) is 56.2 Å². The van der Waals surface area contributed by atoms with E-state index in [1.165, 1.54) is 16.8 Å². The number of nitrogens with zero attached hydrogens (tertiary/aromatic N) is 1. The van der Waals surface area contributed by atoms with Gasteiger partial charge in [-0.1, -0.05) is 23.3 Å². The van der Waals surface area contributed by atoms with E-state index >= 15 is 0 Å². The first kappa shape index (κ1) is 9.32. The molecule has 0 saturated carbocycles. The Kier molecular flexibility index (Phi) is 2.32. The van der Waals surface area contributed by atoms with E-state index in [0.29, 0.717) is 6.04 Å². The molecule has 0 aromatic carbocycles. The van der Waals surface area contributed by atoms with Crippen molar-refractivity contribution in [1.82, 2.24) is 4.90 Å². The summed E-state index contributed by atoms with van der Waals surface area (Å²) in [6.07, 6.45) is 12.4. The van der Waals surface area contributed by atoms with Crippen LogP contribution in [0.25, 0.3) is 0 Å². The van der Waals surface area contributed by atoms with Crippen molar-refractivity contribution in [2.45, 2.75) is 33.2 Å². The Morgan fingerprint density at radius 2 is 2.00 bits per heavy atom. The van der Waals surface area contributed by atoms with Gasteiger partial charge >= 0.3 is 0 Å². The summed E-state index contributed by atoms with van der Waals surface area (Å²) < 4.78 is 0. The predicted molar refractivity (Wildman–Crippen MR) is 60.7 cm³/mol. The fourth-order valence-corrected chi connectivity index (χ4v) is 2.08. The maximum absolute atomic E-state index is 2.35. The summed E-state index contributed by atoms with van der Waals surface area (Å²) in [5, 5.41) is 0. The van der Waals surface area contributed by atoms with Gasteiger partial charge in [0.25, 0.3) is 0 Å². The Morgan fingerprint density at radius 1 is 1.21 bits per heavy atom. The second kappa shape index (κ2) is 3.49. The molecule has 1 heteroatoms. The molecule has 0 amide bonds. The molecule has 0 fully saturated rings. The van der Waals surface area contributed by atoms with Crippen LogP contribution in [0.3, 0.4) is 0 Å². The van der Waals surface area contributed by atoms with Gasteiger partial charge in [-0.3, -0.25) is 0 Å². The van der Waals surface area contributed by atoms with E-state index in [-0.39, 0.29) is 0 Å². The molecule has 0 aromatic rings. The van der Waals surface area contributed by atoms with Crippen LogP contribution in [0, 0.1) is 0 Å². The van der Waals surface area contributed by atoms with Gasteiger partial charge in [0.05, 0.1) is 6.04 Å². The molecule has 0 spiro atoms. The van der Waals surface area contributed by atoms with Crippen LogP contribution in [0.2, 0.25) is 0 Å². The monoisotopic (exact) mass is 187 g/mol. The molecular weight excluding hydrogens is 170 g/mol. The molecule has 0 bridgehead atoms. The van der Waals surface area contributed by atoms with E-state index in [9.17, 15) is 0 Å². The summed E-state index contributed by atoms with van der Waals surface area (Å²) in [6, 6.07) is 0.522. The SMILES string of the molecule is CC1=CCC2C=C(C)C=C(C)N2C=C1. The Hall–Kier alpha value is -1.24. The smallest absolute Gasteiger partial charge is 0.0553 e. The molecule has 1 unspecified atom stereocenters. The minimum absolute atomic E-state index is 0.522. The third-order valence-electron chi connectivity index (χ3n) is 2.84. The number of fused-ring (bicyclic) bond motifs is 1. The Balaban J connectivity index is 2.33. The van der Waals surface area contributed by atoms with Gasteiger partial charge in [-0.05, 0) is 39.3 Å². The fourth-order valence-electron chi connectivity index (χ4n) is 2.08. The van der Waals surface area contributed by atoms with E-state index in [4.69, 9.17) is 0 Å². The summed E-state index contributed by atoms with van der Waals surface area (Å²) in [5.41, 5.74) is 4.08. The van der Waals surface area contributed by atoms with Gasteiger partial charge in [0.1, 0.15) is 0 Å². The molecule has 1 atom stereocenters. The van der Waals surface area contributed by atoms with Gasteiger partial charge in [0, 0.05) is 11.9 Å². The average molecular weight is 187 g/mol. The lowest BCUT2D eigenvalue weighted by Gasteiger charge is -2.31. The summed E-state index contributed by atoms with van der Waals surface area (Å²) >= 11 is 0. The van der Waals surface area contributed by atoms with Crippen LogP contribution >= 0.6 is 0 Å². The van der Waals surface area contributed by atoms with Crippen molar-refractivity contribution in [3.8, 4) is 0 Å². The lowest BCUT2D eigenvalue weighted by Crippen LogP contribution is -2.29. The summed E-state index contributed by atoms with van der Waals surface area (Å²) in [7, 11) is 0. The molecule has 74 valence electrons. The lowest BCUT2D eigenvalue weighted by atomic mass is 10.0. The van der Waals surface area contributed by atoms with Crippen molar-refractivity contribution in [3.05, 3.63) is 47.3 Å². The van der Waals surface area contributed by atoms with Crippen LogP contribution in [-0.4, -0.2) is 10.9 Å². The highest BCUT2D eigenvalue weighted by Crippen LogP contribution is 2.25. The molecule has 0 radical (unpaired) electrons. The van der Waals surface area contributed by atoms with Crippen LogP contribution < -0.4 is 0 Å². The van der Waals surface area contributed by atoms with E-state index in [1.54, 1.807) is 0 Å².